The van der Waals surface area contributed by atoms with Crippen molar-refractivity contribution in [1.82, 2.24) is 4.58 Å². The fraction of sp³-hybridized carbons (Fsp3) is 0.444. The summed E-state index contributed by atoms with van der Waals surface area (Å²) in [5, 5.41) is 11.0. The van der Waals surface area contributed by atoms with Crippen LogP contribution in [0.3, 0.4) is 0 Å². The maximum atomic E-state index is 11.8. The number of hydrogen-bond donors (Lipinski definition) is 1. The molecule has 0 amide bonds. The van der Waals surface area contributed by atoms with Crippen LogP contribution < -0.4 is 24.9 Å². The Bertz CT molecular complexity index is 1560. The van der Waals surface area contributed by atoms with Gasteiger partial charge in [0.2, 0.25) is 5.36 Å². The van der Waals surface area contributed by atoms with E-state index in [4.69, 9.17) is 14.8 Å². The molecule has 0 fully saturated rings. The van der Waals surface area contributed by atoms with Gasteiger partial charge >= 0.3 is 5.97 Å². The third-order valence-electron chi connectivity index (χ3n) is 7.26. The molecule has 9 nitrogen and oxygen atoms in total. The number of carbonyl (C=O) groups is 1. The SMILES string of the molecule is CC[N+]1=c2cc3c(cc2CCC1)=Nc1cc2c(cc1O3)N(CCCC(=O)O)C(C)(C)C=C2CS(=O)(=O)[O-]. The molecule has 0 bridgehead atoms. The third kappa shape index (κ3) is 5.00. The summed E-state index contributed by atoms with van der Waals surface area (Å²) in [7, 11) is -4.53. The highest BCUT2D eigenvalue weighted by atomic mass is 32.2. The molecule has 0 atom stereocenters. The van der Waals surface area contributed by atoms with Crippen molar-refractivity contribution in [3.05, 3.63) is 52.2 Å². The van der Waals surface area contributed by atoms with E-state index in [0.29, 0.717) is 47.0 Å². The van der Waals surface area contributed by atoms with Crippen LogP contribution in [0.5, 0.6) is 11.5 Å². The molecular formula is C27H31N3O6S. The summed E-state index contributed by atoms with van der Waals surface area (Å²) in [5.41, 5.74) is 2.85. The van der Waals surface area contributed by atoms with E-state index in [1.165, 1.54) is 5.56 Å². The van der Waals surface area contributed by atoms with Crippen molar-refractivity contribution >= 4 is 33.0 Å². The summed E-state index contributed by atoms with van der Waals surface area (Å²) in [5.74, 6) is -0.312. The number of hydrogen-bond acceptors (Lipinski definition) is 7. The molecule has 0 saturated carbocycles. The van der Waals surface area contributed by atoms with Crippen LogP contribution in [0.25, 0.3) is 5.57 Å². The summed E-state index contributed by atoms with van der Waals surface area (Å²) in [6.45, 7) is 8.31. The van der Waals surface area contributed by atoms with Gasteiger partial charge in [-0.2, -0.15) is 0 Å². The minimum atomic E-state index is -4.53. The Labute approximate surface area is 216 Å². The molecule has 3 heterocycles. The molecule has 2 aromatic carbocycles. The van der Waals surface area contributed by atoms with Gasteiger partial charge in [-0.1, -0.05) is 6.08 Å². The zero-order valence-corrected chi connectivity index (χ0v) is 22.1. The topological polar surface area (TPSA) is 122 Å². The summed E-state index contributed by atoms with van der Waals surface area (Å²) < 4.78 is 44.0. The zero-order chi connectivity index (χ0) is 26.5. The van der Waals surface area contributed by atoms with Gasteiger partial charge in [0.25, 0.3) is 0 Å². The van der Waals surface area contributed by atoms with Crippen molar-refractivity contribution in [3.8, 4) is 11.5 Å². The molecule has 0 aromatic heterocycles. The zero-order valence-electron chi connectivity index (χ0n) is 21.3. The van der Waals surface area contributed by atoms with Crippen molar-refractivity contribution in [1.29, 1.82) is 0 Å². The van der Waals surface area contributed by atoms with Crippen LogP contribution in [0.2, 0.25) is 0 Å². The van der Waals surface area contributed by atoms with Crippen molar-refractivity contribution in [2.24, 2.45) is 4.99 Å². The smallest absolute Gasteiger partial charge is 0.303 e. The highest BCUT2D eigenvalue weighted by molar-refractivity contribution is 7.86. The summed E-state index contributed by atoms with van der Waals surface area (Å²) in [6, 6.07) is 7.72. The largest absolute Gasteiger partial charge is 0.748 e. The predicted octanol–water partition coefficient (Wildman–Crippen LogP) is 2.59. The summed E-state index contributed by atoms with van der Waals surface area (Å²) in [4.78, 5) is 18.0. The average molecular weight is 526 g/mol. The third-order valence-corrected chi connectivity index (χ3v) is 7.92. The van der Waals surface area contributed by atoms with Gasteiger partial charge in [0.05, 0.1) is 27.5 Å². The second-order valence-corrected chi connectivity index (χ2v) is 11.8. The van der Waals surface area contributed by atoms with Crippen molar-refractivity contribution in [2.75, 3.05) is 30.3 Å². The molecule has 0 saturated heterocycles. The standard InChI is InChI=1S/C27H31N3O6S/c1-4-29-9-5-7-17-11-20-24(13-22(17)29)36-25-14-23-19(12-21(25)28-20)18(16-37(33,34)35)15-27(2,3)30(23)10-6-8-26(31)32/h11-15H,4-10,16H2,1-3H3,(H-,31,32,33,34,35). The van der Waals surface area contributed by atoms with E-state index < -0.39 is 27.4 Å². The monoisotopic (exact) mass is 525 g/mol. The molecule has 196 valence electrons. The molecule has 2 aromatic rings. The quantitative estimate of drug-likeness (QED) is 0.372. The Balaban J connectivity index is 1.65. The van der Waals surface area contributed by atoms with Gasteiger partial charge < -0.3 is 19.3 Å². The van der Waals surface area contributed by atoms with Gasteiger partial charge in [-0.05, 0) is 51.3 Å². The normalized spacial score (nSPS) is 17.5. The Kier molecular flexibility index (Phi) is 6.35. The number of rotatable bonds is 7. The van der Waals surface area contributed by atoms with Gasteiger partial charge in [-0.15, -0.1) is 0 Å². The molecule has 0 radical (unpaired) electrons. The van der Waals surface area contributed by atoms with Crippen LogP contribution in [0.15, 0.2) is 35.3 Å². The number of fused-ring (bicyclic) bond motifs is 4. The number of benzene rings is 2. The van der Waals surface area contributed by atoms with E-state index in [2.05, 4.69) is 17.6 Å². The van der Waals surface area contributed by atoms with Gasteiger partial charge in [-0.25, -0.2) is 18.0 Å². The number of carboxylic acid groups (broad SMARTS) is 1. The first-order valence-corrected chi connectivity index (χ1v) is 14.2. The number of anilines is 1. The molecule has 5 rings (SSSR count). The summed E-state index contributed by atoms with van der Waals surface area (Å²) in [6.07, 6.45) is 4.25. The molecule has 3 aliphatic heterocycles. The fourth-order valence-electron chi connectivity index (χ4n) is 5.63. The van der Waals surface area contributed by atoms with E-state index in [9.17, 15) is 17.8 Å². The molecule has 10 heteroatoms. The molecular weight excluding hydrogens is 494 g/mol. The molecule has 1 N–H and O–H groups in total. The van der Waals surface area contributed by atoms with Crippen LogP contribution in [0.4, 0.5) is 11.4 Å². The lowest BCUT2D eigenvalue weighted by Crippen LogP contribution is -2.46. The molecule has 3 aliphatic rings. The number of ether oxygens (including phenoxy) is 1. The van der Waals surface area contributed by atoms with Gasteiger partial charge in [-0.3, -0.25) is 4.79 Å². The Morgan fingerprint density at radius 3 is 2.73 bits per heavy atom. The second kappa shape index (κ2) is 9.25. The van der Waals surface area contributed by atoms with Crippen LogP contribution in [-0.4, -0.2) is 55.0 Å². The van der Waals surface area contributed by atoms with Crippen molar-refractivity contribution in [3.63, 3.8) is 0 Å². The highest BCUT2D eigenvalue weighted by Gasteiger charge is 2.34. The maximum Gasteiger partial charge on any atom is 0.303 e. The minimum Gasteiger partial charge on any atom is -0.748 e. The van der Waals surface area contributed by atoms with E-state index in [0.717, 1.165) is 36.6 Å². The number of aryl methyl sites for hydroxylation is 1. The van der Waals surface area contributed by atoms with E-state index in [-0.39, 0.29) is 6.42 Å². The van der Waals surface area contributed by atoms with Gasteiger partial charge in [0.15, 0.2) is 11.5 Å². The second-order valence-electron chi connectivity index (χ2n) is 10.4. The Morgan fingerprint density at radius 2 is 2.03 bits per heavy atom. The van der Waals surface area contributed by atoms with Crippen LogP contribution in [-0.2, 0) is 21.3 Å². The molecule has 0 aliphatic carbocycles. The Hall–Kier alpha value is -3.24. The minimum absolute atomic E-state index is 0.0105. The van der Waals surface area contributed by atoms with Crippen molar-refractivity contribution in [2.45, 2.75) is 52.0 Å². The van der Waals surface area contributed by atoms with Crippen LogP contribution in [0.1, 0.15) is 51.2 Å². The maximum absolute atomic E-state index is 11.8. The van der Waals surface area contributed by atoms with E-state index in [1.54, 1.807) is 12.1 Å². The van der Waals surface area contributed by atoms with Gasteiger partial charge in [0.1, 0.15) is 24.1 Å². The number of carboxylic acids is 1. The average Bonchev–Trinajstić information content (AvgIpc) is 2.80. The lowest BCUT2D eigenvalue weighted by Gasteiger charge is -2.44. The Morgan fingerprint density at radius 1 is 1.24 bits per heavy atom. The summed E-state index contributed by atoms with van der Waals surface area (Å²) >= 11 is 0. The number of aliphatic carboxylic acids is 1. The highest BCUT2D eigenvalue weighted by Crippen LogP contribution is 2.46. The van der Waals surface area contributed by atoms with E-state index in [1.807, 2.05) is 30.9 Å². The first-order chi connectivity index (χ1) is 17.4. The van der Waals surface area contributed by atoms with Crippen LogP contribution in [0, 0.1) is 0 Å². The van der Waals surface area contributed by atoms with E-state index >= 15 is 0 Å². The first kappa shape index (κ1) is 25.4. The predicted molar refractivity (Wildman–Crippen MR) is 139 cm³/mol. The van der Waals surface area contributed by atoms with Crippen LogP contribution >= 0.6 is 0 Å². The lowest BCUT2D eigenvalue weighted by atomic mass is 9.88. The molecule has 0 spiro atoms. The number of nitrogens with zero attached hydrogens (tertiary/aromatic N) is 3. The van der Waals surface area contributed by atoms with Gasteiger partial charge in [0, 0.05) is 42.3 Å². The fourth-order valence-corrected chi connectivity index (χ4v) is 6.25. The molecule has 0 unspecified atom stereocenters. The molecule has 37 heavy (non-hydrogen) atoms. The van der Waals surface area contributed by atoms with Crippen molar-refractivity contribution < 1.29 is 27.6 Å². The first-order valence-electron chi connectivity index (χ1n) is 12.6. The lowest BCUT2D eigenvalue weighted by molar-refractivity contribution is -0.137.